The first kappa shape index (κ1) is 23.8. The number of imidazole rings is 1. The quantitative estimate of drug-likeness (QED) is 0.591. The molecule has 3 aromatic rings. The molecule has 2 amide bonds. The van der Waals surface area contributed by atoms with Crippen LogP contribution in [0.2, 0.25) is 0 Å². The summed E-state index contributed by atoms with van der Waals surface area (Å²) in [6.45, 7) is 1.08. The Hall–Kier alpha value is -3.31. The van der Waals surface area contributed by atoms with Crippen molar-refractivity contribution in [1.82, 2.24) is 19.6 Å². The zero-order chi connectivity index (χ0) is 24.4. The number of fused-ring (bicyclic) bond motifs is 1. The van der Waals surface area contributed by atoms with Crippen LogP contribution in [0.25, 0.3) is 16.9 Å². The maximum absolute atomic E-state index is 15.2. The topological polar surface area (TPSA) is 102 Å². The molecule has 1 aromatic carbocycles. The fourth-order valence-electron chi connectivity index (χ4n) is 4.01. The number of benzene rings is 1. The summed E-state index contributed by atoms with van der Waals surface area (Å²) in [6.07, 6.45) is 2.87. The van der Waals surface area contributed by atoms with Crippen molar-refractivity contribution in [3.63, 3.8) is 0 Å². The Morgan fingerprint density at radius 1 is 1.32 bits per heavy atom. The fraction of sp³-hybridized carbons (Fsp3) is 0.348. The largest absolute Gasteiger partial charge is 0.453 e. The first-order chi connectivity index (χ1) is 16.3. The van der Waals surface area contributed by atoms with Gasteiger partial charge in [0, 0.05) is 59.3 Å². The molecule has 1 fully saturated rings. The molecule has 1 saturated heterocycles. The maximum Gasteiger partial charge on any atom is 0.409 e. The third-order valence-electron chi connectivity index (χ3n) is 5.73. The number of amides is 2. The highest BCUT2D eigenvalue weighted by Gasteiger charge is 2.28. The Morgan fingerprint density at radius 2 is 2.12 bits per heavy atom. The van der Waals surface area contributed by atoms with Gasteiger partial charge in [-0.1, -0.05) is 0 Å². The number of nitrogens with one attached hydrogen (secondary N) is 1. The van der Waals surface area contributed by atoms with Crippen molar-refractivity contribution < 1.29 is 27.7 Å². The molecule has 0 aliphatic carbocycles. The van der Waals surface area contributed by atoms with Crippen LogP contribution in [0.15, 0.2) is 41.4 Å². The number of rotatable bonds is 5. The van der Waals surface area contributed by atoms with Crippen molar-refractivity contribution in [2.24, 2.45) is 0 Å². The normalized spacial score (nSPS) is 16.9. The number of hydrogen-bond donors (Lipinski definition) is 1. The SMILES string of the molecule is CNC(=O)c1ccc(-c2nc3cc([S@](C)=O)ccn3c2C[C@H]2CN(C(=O)OC)CCO2)c(F)c1. The minimum atomic E-state index is -1.21. The number of halogens is 1. The predicted molar refractivity (Wildman–Crippen MR) is 124 cm³/mol. The van der Waals surface area contributed by atoms with Gasteiger partial charge in [0.25, 0.3) is 5.91 Å². The Kier molecular flexibility index (Phi) is 6.94. The minimum absolute atomic E-state index is 0.196. The zero-order valence-electron chi connectivity index (χ0n) is 19.0. The van der Waals surface area contributed by atoms with Gasteiger partial charge in [0.2, 0.25) is 0 Å². The Labute approximate surface area is 198 Å². The van der Waals surface area contributed by atoms with Crippen molar-refractivity contribution in [2.45, 2.75) is 17.4 Å². The average molecular weight is 489 g/mol. The minimum Gasteiger partial charge on any atom is -0.453 e. The summed E-state index contributed by atoms with van der Waals surface area (Å²) >= 11 is 0. The lowest BCUT2D eigenvalue weighted by Gasteiger charge is -2.32. The molecule has 3 heterocycles. The molecule has 0 radical (unpaired) electrons. The van der Waals surface area contributed by atoms with Gasteiger partial charge in [0.15, 0.2) is 0 Å². The van der Waals surface area contributed by atoms with E-state index in [2.05, 4.69) is 10.3 Å². The van der Waals surface area contributed by atoms with Crippen LogP contribution in [-0.2, 0) is 26.7 Å². The summed E-state index contributed by atoms with van der Waals surface area (Å²) < 4.78 is 39.7. The van der Waals surface area contributed by atoms with Gasteiger partial charge in [-0.2, -0.15) is 0 Å². The van der Waals surface area contributed by atoms with E-state index >= 15 is 4.39 Å². The second-order valence-corrected chi connectivity index (χ2v) is 9.22. The van der Waals surface area contributed by atoms with Gasteiger partial charge in [0.1, 0.15) is 11.5 Å². The van der Waals surface area contributed by atoms with Gasteiger partial charge in [-0.15, -0.1) is 0 Å². The van der Waals surface area contributed by atoms with Gasteiger partial charge in [-0.25, -0.2) is 14.2 Å². The van der Waals surface area contributed by atoms with Crippen LogP contribution in [0.3, 0.4) is 0 Å². The van der Waals surface area contributed by atoms with Crippen LogP contribution in [0.5, 0.6) is 0 Å². The number of pyridine rings is 1. The summed E-state index contributed by atoms with van der Waals surface area (Å²) in [6, 6.07) is 7.65. The van der Waals surface area contributed by atoms with Crippen LogP contribution in [0, 0.1) is 5.82 Å². The molecule has 0 bridgehead atoms. The lowest BCUT2D eigenvalue weighted by atomic mass is 10.0. The predicted octanol–water partition coefficient (Wildman–Crippen LogP) is 2.25. The molecular weight excluding hydrogens is 463 g/mol. The molecule has 1 aliphatic heterocycles. The number of hydrogen-bond acceptors (Lipinski definition) is 6. The van der Waals surface area contributed by atoms with Crippen molar-refractivity contribution in [3.05, 3.63) is 53.6 Å². The molecule has 1 aliphatic rings. The lowest BCUT2D eigenvalue weighted by molar-refractivity contribution is -0.0241. The number of ether oxygens (including phenoxy) is 2. The molecule has 0 saturated carbocycles. The summed E-state index contributed by atoms with van der Waals surface area (Å²) in [5, 5.41) is 2.48. The summed E-state index contributed by atoms with van der Waals surface area (Å²) in [7, 11) is 1.59. The van der Waals surface area contributed by atoms with Crippen molar-refractivity contribution in [2.75, 3.05) is 40.1 Å². The molecule has 4 rings (SSSR count). The van der Waals surface area contributed by atoms with E-state index in [0.29, 0.717) is 48.0 Å². The second-order valence-electron chi connectivity index (χ2n) is 7.84. The molecule has 180 valence electrons. The average Bonchev–Trinajstić information content (AvgIpc) is 3.20. The van der Waals surface area contributed by atoms with Gasteiger partial charge < -0.3 is 24.1 Å². The van der Waals surface area contributed by atoms with E-state index in [-0.39, 0.29) is 17.2 Å². The smallest absolute Gasteiger partial charge is 0.409 e. The van der Waals surface area contributed by atoms with Crippen molar-refractivity contribution >= 4 is 28.4 Å². The van der Waals surface area contributed by atoms with E-state index in [1.165, 1.54) is 32.4 Å². The fourth-order valence-corrected chi connectivity index (χ4v) is 4.54. The van der Waals surface area contributed by atoms with E-state index < -0.39 is 28.6 Å². The van der Waals surface area contributed by atoms with Crippen LogP contribution < -0.4 is 5.32 Å². The highest BCUT2D eigenvalue weighted by molar-refractivity contribution is 7.84. The Balaban J connectivity index is 1.78. The molecule has 34 heavy (non-hydrogen) atoms. The highest BCUT2D eigenvalue weighted by Crippen LogP contribution is 2.30. The van der Waals surface area contributed by atoms with Crippen molar-refractivity contribution in [3.8, 4) is 11.3 Å². The van der Waals surface area contributed by atoms with E-state index in [1.807, 2.05) is 0 Å². The number of carbonyl (C=O) groups is 2. The van der Waals surface area contributed by atoms with Gasteiger partial charge in [-0.05, 0) is 30.3 Å². The zero-order valence-corrected chi connectivity index (χ0v) is 19.9. The Morgan fingerprint density at radius 3 is 2.79 bits per heavy atom. The standard InChI is InChI=1S/C23H25FN4O5S/c1-25-22(29)14-4-5-17(18(24)10-14)21-19(11-15-13-27(8-9-33-15)23(30)32-2)28-7-6-16(34(3)31)12-20(28)26-21/h4-7,10,12,15H,8-9,11,13H2,1-3H3,(H,25,29)/t15-,34-/m0/s1. The first-order valence-electron chi connectivity index (χ1n) is 10.6. The molecule has 0 spiro atoms. The highest BCUT2D eigenvalue weighted by atomic mass is 32.2. The number of carbonyl (C=O) groups excluding carboxylic acids is 2. The summed E-state index contributed by atoms with van der Waals surface area (Å²) in [4.78, 5) is 30.7. The molecule has 2 atom stereocenters. The second kappa shape index (κ2) is 9.90. The van der Waals surface area contributed by atoms with E-state index in [1.54, 1.807) is 33.9 Å². The summed E-state index contributed by atoms with van der Waals surface area (Å²) in [5.41, 5.74) is 1.99. The van der Waals surface area contributed by atoms with Crippen LogP contribution in [0.4, 0.5) is 9.18 Å². The van der Waals surface area contributed by atoms with E-state index in [0.717, 1.165) is 0 Å². The van der Waals surface area contributed by atoms with Gasteiger partial charge >= 0.3 is 6.09 Å². The summed E-state index contributed by atoms with van der Waals surface area (Å²) in [5.74, 6) is -0.986. The molecule has 1 N–H and O–H groups in total. The molecule has 0 unspecified atom stereocenters. The van der Waals surface area contributed by atoms with Crippen LogP contribution >= 0.6 is 0 Å². The Bertz CT molecular complexity index is 1280. The third kappa shape index (κ3) is 4.66. The number of nitrogens with zero attached hydrogens (tertiary/aromatic N) is 3. The monoisotopic (exact) mass is 488 g/mol. The molecular formula is C23H25FN4O5S. The van der Waals surface area contributed by atoms with Crippen molar-refractivity contribution in [1.29, 1.82) is 0 Å². The van der Waals surface area contributed by atoms with Gasteiger partial charge in [-0.3, -0.25) is 9.00 Å². The maximum atomic E-state index is 15.2. The van der Waals surface area contributed by atoms with E-state index in [4.69, 9.17) is 9.47 Å². The molecule has 2 aromatic heterocycles. The van der Waals surface area contributed by atoms with Crippen LogP contribution in [-0.4, -0.2) is 76.7 Å². The molecule has 11 heteroatoms. The number of morpholine rings is 1. The molecule has 9 nitrogen and oxygen atoms in total. The number of aromatic nitrogens is 2. The lowest BCUT2D eigenvalue weighted by Crippen LogP contribution is -2.46. The third-order valence-corrected chi connectivity index (χ3v) is 6.65. The van der Waals surface area contributed by atoms with Crippen LogP contribution in [0.1, 0.15) is 16.1 Å². The van der Waals surface area contributed by atoms with Gasteiger partial charge in [0.05, 0.1) is 37.8 Å². The number of methoxy groups -OCH3 is 1. The van der Waals surface area contributed by atoms with E-state index in [9.17, 15) is 13.8 Å². The first-order valence-corrected chi connectivity index (χ1v) is 12.2.